The molecule has 0 amide bonds. The van der Waals surface area contributed by atoms with Gasteiger partial charge in [-0.05, 0) is 30.1 Å². The zero-order chi connectivity index (χ0) is 11.8. The summed E-state index contributed by atoms with van der Waals surface area (Å²) in [6, 6.07) is 6.70. The third-order valence-corrected chi connectivity index (χ3v) is 2.85. The van der Waals surface area contributed by atoms with Gasteiger partial charge in [-0.2, -0.15) is 0 Å². The highest BCUT2D eigenvalue weighted by Gasteiger charge is 2.06. The Morgan fingerprint density at radius 1 is 1.29 bits per heavy atom. The summed E-state index contributed by atoms with van der Waals surface area (Å²) < 4.78 is 15.2. The zero-order valence-electron chi connectivity index (χ0n) is 9.23. The normalized spacial score (nSPS) is 11.4. The van der Waals surface area contributed by atoms with Crippen LogP contribution < -0.4 is 5.73 Å². The number of hydrogen-bond donors (Lipinski definition) is 1. The van der Waals surface area contributed by atoms with Crippen LogP contribution in [0.1, 0.15) is 5.69 Å². The van der Waals surface area contributed by atoms with Gasteiger partial charge in [0.25, 0.3) is 0 Å². The second kappa shape index (κ2) is 3.82. The van der Waals surface area contributed by atoms with Crippen molar-refractivity contribution in [3.63, 3.8) is 0 Å². The molecule has 3 aromatic rings. The topological polar surface area (TPSA) is 43.3 Å². The molecule has 0 fully saturated rings. The Kier molecular flexibility index (Phi) is 2.30. The third-order valence-electron chi connectivity index (χ3n) is 2.85. The van der Waals surface area contributed by atoms with Crippen LogP contribution >= 0.6 is 0 Å². The van der Waals surface area contributed by atoms with Crippen molar-refractivity contribution >= 4 is 16.4 Å². The van der Waals surface area contributed by atoms with Crippen LogP contribution in [-0.4, -0.2) is 15.9 Å². The molecule has 4 heteroatoms. The van der Waals surface area contributed by atoms with E-state index in [1.807, 2.05) is 22.9 Å². The van der Waals surface area contributed by atoms with E-state index in [1.54, 1.807) is 6.07 Å². The maximum Gasteiger partial charge on any atom is 0.145 e. The van der Waals surface area contributed by atoms with Gasteiger partial charge in [0.15, 0.2) is 0 Å². The van der Waals surface area contributed by atoms with Crippen LogP contribution in [0.25, 0.3) is 16.4 Å². The van der Waals surface area contributed by atoms with Crippen LogP contribution in [-0.2, 0) is 6.42 Å². The molecule has 0 saturated heterocycles. The Morgan fingerprint density at radius 3 is 3.00 bits per heavy atom. The number of fused-ring (bicyclic) bond motifs is 3. The van der Waals surface area contributed by atoms with Gasteiger partial charge >= 0.3 is 0 Å². The fraction of sp³-hybridized carbons (Fsp3) is 0.154. The SMILES string of the molecule is NCCc1cn2ccc3ccc(F)cc3c2n1. The van der Waals surface area contributed by atoms with E-state index in [0.717, 1.165) is 28.5 Å². The quantitative estimate of drug-likeness (QED) is 0.731. The van der Waals surface area contributed by atoms with Crippen molar-refractivity contribution in [2.75, 3.05) is 6.54 Å². The summed E-state index contributed by atoms with van der Waals surface area (Å²) in [5.41, 5.74) is 7.23. The summed E-state index contributed by atoms with van der Waals surface area (Å²) in [4.78, 5) is 4.49. The first kappa shape index (κ1) is 10.2. The number of imidazole rings is 1. The molecular formula is C13H12FN3. The van der Waals surface area contributed by atoms with Crippen LogP contribution in [0.15, 0.2) is 36.7 Å². The van der Waals surface area contributed by atoms with Gasteiger partial charge in [0.1, 0.15) is 11.5 Å². The highest BCUT2D eigenvalue weighted by molar-refractivity contribution is 5.93. The molecule has 3 nitrogen and oxygen atoms in total. The van der Waals surface area contributed by atoms with Crippen molar-refractivity contribution in [2.24, 2.45) is 5.73 Å². The minimum absolute atomic E-state index is 0.242. The van der Waals surface area contributed by atoms with Crippen LogP contribution in [0, 0.1) is 5.82 Å². The first-order chi connectivity index (χ1) is 8.28. The predicted octanol–water partition coefficient (Wildman–Crippen LogP) is 2.13. The number of aromatic nitrogens is 2. The summed E-state index contributed by atoms with van der Waals surface area (Å²) in [6.45, 7) is 0.566. The second-order valence-electron chi connectivity index (χ2n) is 4.05. The van der Waals surface area contributed by atoms with Gasteiger partial charge in [-0.1, -0.05) is 6.07 Å². The van der Waals surface area contributed by atoms with Crippen molar-refractivity contribution < 1.29 is 4.39 Å². The molecule has 2 aromatic heterocycles. The van der Waals surface area contributed by atoms with Gasteiger partial charge in [0.05, 0.1) is 5.69 Å². The van der Waals surface area contributed by atoms with Gasteiger partial charge in [-0.3, -0.25) is 0 Å². The third kappa shape index (κ3) is 1.66. The fourth-order valence-corrected chi connectivity index (χ4v) is 2.05. The maximum atomic E-state index is 13.3. The number of pyridine rings is 1. The molecule has 17 heavy (non-hydrogen) atoms. The number of nitrogens with two attached hydrogens (primary N) is 1. The van der Waals surface area contributed by atoms with E-state index in [9.17, 15) is 4.39 Å². The lowest BCUT2D eigenvalue weighted by molar-refractivity contribution is 0.630. The lowest BCUT2D eigenvalue weighted by atomic mass is 10.1. The van der Waals surface area contributed by atoms with E-state index < -0.39 is 0 Å². The number of halogens is 1. The fourth-order valence-electron chi connectivity index (χ4n) is 2.05. The highest BCUT2D eigenvalue weighted by Crippen LogP contribution is 2.20. The molecule has 1 aromatic carbocycles. The molecule has 0 unspecified atom stereocenters. The number of hydrogen-bond acceptors (Lipinski definition) is 2. The first-order valence-electron chi connectivity index (χ1n) is 5.54. The molecule has 0 aliphatic heterocycles. The predicted molar refractivity (Wildman–Crippen MR) is 65.4 cm³/mol. The van der Waals surface area contributed by atoms with E-state index in [-0.39, 0.29) is 5.82 Å². The van der Waals surface area contributed by atoms with Crippen molar-refractivity contribution in [1.82, 2.24) is 9.38 Å². The Bertz CT molecular complexity index is 688. The van der Waals surface area contributed by atoms with Gasteiger partial charge in [0.2, 0.25) is 0 Å². The van der Waals surface area contributed by atoms with E-state index in [2.05, 4.69) is 4.98 Å². The molecule has 86 valence electrons. The van der Waals surface area contributed by atoms with Crippen molar-refractivity contribution in [1.29, 1.82) is 0 Å². The van der Waals surface area contributed by atoms with E-state index in [1.165, 1.54) is 12.1 Å². The van der Waals surface area contributed by atoms with Crippen LogP contribution in [0.4, 0.5) is 4.39 Å². The Balaban J connectivity index is 2.33. The van der Waals surface area contributed by atoms with Gasteiger partial charge < -0.3 is 10.1 Å². The van der Waals surface area contributed by atoms with Crippen molar-refractivity contribution in [2.45, 2.75) is 6.42 Å². The second-order valence-corrected chi connectivity index (χ2v) is 4.05. The molecule has 0 saturated carbocycles. The molecular weight excluding hydrogens is 217 g/mol. The molecule has 2 heterocycles. The minimum Gasteiger partial charge on any atom is -0.330 e. The largest absolute Gasteiger partial charge is 0.330 e. The molecule has 0 aliphatic carbocycles. The smallest absolute Gasteiger partial charge is 0.145 e. The maximum absolute atomic E-state index is 13.3. The van der Waals surface area contributed by atoms with E-state index >= 15 is 0 Å². The summed E-state index contributed by atoms with van der Waals surface area (Å²) >= 11 is 0. The van der Waals surface area contributed by atoms with Gasteiger partial charge in [-0.15, -0.1) is 0 Å². The van der Waals surface area contributed by atoms with Crippen molar-refractivity contribution in [3.8, 4) is 0 Å². The molecule has 0 spiro atoms. The van der Waals surface area contributed by atoms with Crippen LogP contribution in [0.5, 0.6) is 0 Å². The molecule has 0 aliphatic rings. The summed E-state index contributed by atoms with van der Waals surface area (Å²) in [5, 5.41) is 1.82. The molecule has 3 rings (SSSR count). The van der Waals surface area contributed by atoms with E-state index in [0.29, 0.717) is 6.54 Å². The average molecular weight is 229 g/mol. The van der Waals surface area contributed by atoms with Gasteiger partial charge in [-0.25, -0.2) is 9.37 Å². The van der Waals surface area contributed by atoms with Crippen LogP contribution in [0.2, 0.25) is 0 Å². The lowest BCUT2D eigenvalue weighted by Crippen LogP contribution is -2.02. The number of benzene rings is 1. The van der Waals surface area contributed by atoms with Crippen LogP contribution in [0.3, 0.4) is 0 Å². The Morgan fingerprint density at radius 2 is 2.18 bits per heavy atom. The monoisotopic (exact) mass is 229 g/mol. The average Bonchev–Trinajstić information content (AvgIpc) is 2.72. The zero-order valence-corrected chi connectivity index (χ0v) is 9.23. The molecule has 0 radical (unpaired) electrons. The summed E-state index contributed by atoms with van der Waals surface area (Å²) in [7, 11) is 0. The van der Waals surface area contributed by atoms with Crippen molar-refractivity contribution in [3.05, 3.63) is 48.2 Å². The Labute approximate surface area is 97.7 Å². The number of rotatable bonds is 2. The van der Waals surface area contributed by atoms with Gasteiger partial charge in [0, 0.05) is 24.2 Å². The highest BCUT2D eigenvalue weighted by atomic mass is 19.1. The standard InChI is InChI=1S/C13H12FN3/c14-10-2-1-9-4-6-17-8-11(3-5-15)16-13(17)12(9)7-10/h1-2,4,6-8H,3,5,15H2. The molecule has 0 bridgehead atoms. The first-order valence-corrected chi connectivity index (χ1v) is 5.54. The lowest BCUT2D eigenvalue weighted by Gasteiger charge is -1.99. The molecule has 0 atom stereocenters. The van der Waals surface area contributed by atoms with E-state index in [4.69, 9.17) is 5.73 Å². The number of nitrogens with zero attached hydrogens (tertiary/aromatic N) is 2. The molecule has 2 N–H and O–H groups in total. The minimum atomic E-state index is -0.242. The summed E-state index contributed by atoms with van der Waals surface area (Å²) in [6.07, 6.45) is 4.60. The Hall–Kier alpha value is -1.94. The summed E-state index contributed by atoms with van der Waals surface area (Å²) in [5.74, 6) is -0.242.